The second-order valence-electron chi connectivity index (χ2n) is 3.25. The Balaban J connectivity index is 0.00000361. The van der Waals surface area contributed by atoms with Crippen LogP contribution in [-0.2, 0) is 42.3 Å². The molecule has 1 amide bonds. The van der Waals surface area contributed by atoms with Gasteiger partial charge in [0.15, 0.2) is 5.71 Å². The van der Waals surface area contributed by atoms with Crippen molar-refractivity contribution in [2.45, 2.75) is 13.8 Å². The van der Waals surface area contributed by atoms with E-state index < -0.39 is 5.91 Å². The molecule has 0 unspecified atom stereocenters. The van der Waals surface area contributed by atoms with E-state index in [1.54, 1.807) is 13.8 Å². The molecule has 105 valence electrons. The van der Waals surface area contributed by atoms with Crippen molar-refractivity contribution in [1.29, 1.82) is 0 Å². The number of rotatable bonds is 5. The maximum Gasteiger partial charge on any atom is 0.273 e. The minimum atomic E-state index is -0.450. The number of aryl methyl sites for hydroxylation is 1. The Kier molecular flexibility index (Phi) is 8.82. The molecular formula is C11H14N5O3Y-. The van der Waals surface area contributed by atoms with Gasteiger partial charge in [0.2, 0.25) is 0 Å². The van der Waals surface area contributed by atoms with Gasteiger partial charge in [-0.1, -0.05) is 5.16 Å². The van der Waals surface area contributed by atoms with Crippen LogP contribution in [-0.4, -0.2) is 42.0 Å². The first-order valence-electron chi connectivity index (χ1n) is 5.34. The molecule has 8 nitrogen and oxygen atoms in total. The molecule has 0 fully saturated rings. The zero-order chi connectivity index (χ0) is 14.3. The molecule has 0 aliphatic heterocycles. The van der Waals surface area contributed by atoms with Crippen LogP contribution in [0, 0.1) is 6.92 Å². The first-order valence-corrected chi connectivity index (χ1v) is 5.34. The summed E-state index contributed by atoms with van der Waals surface area (Å²) in [4.78, 5) is 29.4. The van der Waals surface area contributed by atoms with E-state index in [1.165, 1.54) is 20.5 Å². The number of oxime groups is 1. The smallest absolute Gasteiger partial charge is 0.273 e. The summed E-state index contributed by atoms with van der Waals surface area (Å²) in [5.74, 6) is -0.352. The number of aromatic nitrogens is 2. The van der Waals surface area contributed by atoms with Crippen molar-refractivity contribution in [2.24, 2.45) is 10.3 Å². The van der Waals surface area contributed by atoms with Gasteiger partial charge in [0.25, 0.3) is 11.8 Å². The topological polar surface area (TPSA) is 98.1 Å². The van der Waals surface area contributed by atoms with E-state index in [1.807, 2.05) is 0 Å². The van der Waals surface area contributed by atoms with Gasteiger partial charge < -0.3 is 26.4 Å². The van der Waals surface area contributed by atoms with E-state index in [2.05, 4.69) is 36.6 Å². The van der Waals surface area contributed by atoms with Crippen molar-refractivity contribution in [3.63, 3.8) is 0 Å². The average Bonchev–Trinajstić information content (AvgIpc) is 2.42. The molecule has 1 rings (SSSR count). The number of carbonyl (C=O) groups is 1. The van der Waals surface area contributed by atoms with Crippen molar-refractivity contribution in [3.8, 4) is 5.88 Å². The Labute approximate surface area is 141 Å². The molecule has 0 aliphatic carbocycles. The number of hydrogen-bond donors (Lipinski definition) is 1. The van der Waals surface area contributed by atoms with E-state index in [9.17, 15) is 4.79 Å². The summed E-state index contributed by atoms with van der Waals surface area (Å²) >= 11 is 0. The van der Waals surface area contributed by atoms with Crippen molar-refractivity contribution >= 4 is 17.8 Å². The van der Waals surface area contributed by atoms with Crippen LogP contribution in [0.25, 0.3) is 0 Å². The Morgan fingerprint density at radius 3 is 2.70 bits per heavy atom. The molecule has 1 aromatic heterocycles. The molecule has 0 spiro atoms. The number of likely N-dealkylation sites (N-methyl/N-ethyl adjacent to an activating group) is 1. The summed E-state index contributed by atoms with van der Waals surface area (Å²) in [6.45, 7) is 3.26. The van der Waals surface area contributed by atoms with E-state index in [0.717, 1.165) is 0 Å². The van der Waals surface area contributed by atoms with E-state index in [0.29, 0.717) is 11.3 Å². The zero-order valence-corrected chi connectivity index (χ0v) is 14.5. The van der Waals surface area contributed by atoms with Crippen LogP contribution in [0.2, 0.25) is 0 Å². The molecule has 1 heterocycles. The van der Waals surface area contributed by atoms with Crippen LogP contribution in [0.3, 0.4) is 0 Å². The molecule has 0 aliphatic rings. The number of hydrogen-bond acceptors (Lipinski definition) is 7. The SMILES string of the molecule is C[C-]=NOc1ncnc(C)c1/C(=N\OC)C(=O)NC.[Y]. The first-order chi connectivity index (χ1) is 9.15. The minimum absolute atomic E-state index is 0. The zero-order valence-electron chi connectivity index (χ0n) is 11.7. The van der Waals surface area contributed by atoms with Crippen LogP contribution >= 0.6 is 0 Å². The summed E-state index contributed by atoms with van der Waals surface area (Å²) < 4.78 is 0. The standard InChI is InChI=1S/C11H14N5O3.Y/c1-5-15-19-11-8(7(2)13-6-14-11)9(16-18-4)10(17)12-3;/h6H,1-4H3,(H,12,17);/q-1;/b16-9+;. The third kappa shape index (κ3) is 4.61. The summed E-state index contributed by atoms with van der Waals surface area (Å²) in [6.07, 6.45) is 3.75. The molecule has 0 saturated carbocycles. The van der Waals surface area contributed by atoms with E-state index >= 15 is 0 Å². The Hall–Kier alpha value is -1.41. The quantitative estimate of drug-likeness (QED) is 0.461. The van der Waals surface area contributed by atoms with Gasteiger partial charge in [0.05, 0.1) is 11.3 Å². The Bertz CT molecular complexity index is 519. The molecule has 0 saturated heterocycles. The van der Waals surface area contributed by atoms with Gasteiger partial charge in [-0.05, 0) is 6.92 Å². The van der Waals surface area contributed by atoms with Gasteiger partial charge in [0, 0.05) is 39.8 Å². The molecule has 0 bridgehead atoms. The Morgan fingerprint density at radius 1 is 1.45 bits per heavy atom. The predicted octanol–water partition coefficient (Wildman–Crippen LogP) is 0.141. The summed E-state index contributed by atoms with van der Waals surface area (Å²) in [7, 11) is 2.81. The number of nitrogens with one attached hydrogen (secondary N) is 1. The van der Waals surface area contributed by atoms with Crippen LogP contribution in [0.15, 0.2) is 16.6 Å². The van der Waals surface area contributed by atoms with Gasteiger partial charge in [-0.15, -0.1) is 0 Å². The molecule has 1 radical (unpaired) electrons. The van der Waals surface area contributed by atoms with Gasteiger partial charge in [-0.2, -0.15) is 11.9 Å². The van der Waals surface area contributed by atoms with E-state index in [-0.39, 0.29) is 44.3 Å². The second kappa shape index (κ2) is 9.49. The monoisotopic (exact) mass is 353 g/mol. The fourth-order valence-corrected chi connectivity index (χ4v) is 1.29. The normalized spacial score (nSPS) is 10.9. The van der Waals surface area contributed by atoms with Crippen molar-refractivity contribution in [3.05, 3.63) is 17.6 Å². The minimum Gasteiger partial charge on any atom is -0.398 e. The summed E-state index contributed by atoms with van der Waals surface area (Å²) in [6, 6.07) is 0. The largest absolute Gasteiger partial charge is 0.398 e. The van der Waals surface area contributed by atoms with Crippen LogP contribution < -0.4 is 10.2 Å². The van der Waals surface area contributed by atoms with Crippen molar-refractivity contribution in [1.82, 2.24) is 15.3 Å². The van der Waals surface area contributed by atoms with Gasteiger partial charge in [-0.25, -0.2) is 4.98 Å². The predicted molar refractivity (Wildman–Crippen MR) is 68.1 cm³/mol. The second-order valence-corrected chi connectivity index (χ2v) is 3.25. The summed E-state index contributed by atoms with van der Waals surface area (Å²) in [5, 5.41) is 9.63. The number of carbonyl (C=O) groups excluding carboxylic acids is 1. The van der Waals surface area contributed by atoms with Gasteiger partial charge >= 0.3 is 0 Å². The average molecular weight is 353 g/mol. The Morgan fingerprint density at radius 2 is 2.15 bits per heavy atom. The van der Waals surface area contributed by atoms with Crippen LogP contribution in [0.1, 0.15) is 18.2 Å². The molecule has 0 atom stereocenters. The van der Waals surface area contributed by atoms with Gasteiger partial charge in [0.1, 0.15) is 13.4 Å². The summed E-state index contributed by atoms with van der Waals surface area (Å²) in [5.41, 5.74) is 0.822. The third-order valence-electron chi connectivity index (χ3n) is 2.09. The molecule has 9 heteroatoms. The molecule has 1 aromatic rings. The molecular weight excluding hydrogens is 339 g/mol. The molecule has 0 aromatic carbocycles. The van der Waals surface area contributed by atoms with Crippen LogP contribution in [0.5, 0.6) is 5.88 Å². The molecule has 20 heavy (non-hydrogen) atoms. The van der Waals surface area contributed by atoms with Gasteiger partial charge in [-0.3, -0.25) is 4.79 Å². The van der Waals surface area contributed by atoms with E-state index in [4.69, 9.17) is 4.84 Å². The van der Waals surface area contributed by atoms with Crippen molar-refractivity contribution in [2.75, 3.05) is 14.2 Å². The maximum atomic E-state index is 11.8. The number of amides is 1. The fraction of sp³-hybridized carbons (Fsp3) is 0.364. The maximum absolute atomic E-state index is 11.8. The fourth-order valence-electron chi connectivity index (χ4n) is 1.29. The van der Waals surface area contributed by atoms with Crippen molar-refractivity contribution < 1.29 is 47.2 Å². The number of nitrogens with zero attached hydrogens (tertiary/aromatic N) is 4. The molecule has 1 N–H and O–H groups in total. The van der Waals surface area contributed by atoms with Crippen LogP contribution in [0.4, 0.5) is 0 Å². The first kappa shape index (κ1) is 18.6. The third-order valence-corrected chi connectivity index (χ3v) is 2.09.